The summed E-state index contributed by atoms with van der Waals surface area (Å²) < 4.78 is 40.5. The molecule has 0 N–H and O–H groups in total. The molecule has 0 aliphatic heterocycles. The average Bonchev–Trinajstić information content (AvgIpc) is 2.90. The molecule has 0 aliphatic rings. The van der Waals surface area contributed by atoms with Crippen LogP contribution >= 0.6 is 11.6 Å². The van der Waals surface area contributed by atoms with E-state index in [9.17, 15) is 12.8 Å². The minimum Gasteiger partial charge on any atom is -0.232 e. The fourth-order valence-electron chi connectivity index (χ4n) is 2.19. The van der Waals surface area contributed by atoms with E-state index in [4.69, 9.17) is 11.6 Å². The van der Waals surface area contributed by atoms with Crippen molar-refractivity contribution in [2.75, 3.05) is 0 Å². The number of rotatable bonds is 2. The Hall–Kier alpha value is -1.92. The zero-order valence-corrected chi connectivity index (χ0v) is 13.4. The van der Waals surface area contributed by atoms with Crippen molar-refractivity contribution in [2.45, 2.75) is 18.7 Å². The molecule has 0 fully saturated rings. The minimum atomic E-state index is -3.84. The summed E-state index contributed by atoms with van der Waals surface area (Å²) in [6.45, 7) is 3.39. The number of nitrogens with zero attached hydrogens (tertiary/aromatic N) is 2. The molecular weight excluding hydrogens is 327 g/mol. The maximum Gasteiger partial charge on any atom is 0.269 e. The van der Waals surface area contributed by atoms with Crippen molar-refractivity contribution in [3.05, 3.63) is 58.6 Å². The normalized spacial score (nSPS) is 12.0. The number of fused-ring (bicyclic) bond motifs is 1. The lowest BCUT2D eigenvalue weighted by Crippen LogP contribution is -2.12. The molecule has 0 amide bonds. The van der Waals surface area contributed by atoms with E-state index < -0.39 is 15.8 Å². The third-order valence-corrected chi connectivity index (χ3v) is 5.54. The van der Waals surface area contributed by atoms with Gasteiger partial charge in [-0.3, -0.25) is 0 Å². The largest absolute Gasteiger partial charge is 0.269 e. The molecule has 2 aromatic heterocycles. The fourth-order valence-corrected chi connectivity index (χ4v) is 3.63. The van der Waals surface area contributed by atoms with Gasteiger partial charge in [-0.2, -0.15) is 0 Å². The van der Waals surface area contributed by atoms with Gasteiger partial charge in [-0.1, -0.05) is 29.3 Å². The van der Waals surface area contributed by atoms with Crippen LogP contribution in [-0.2, 0) is 10.0 Å². The van der Waals surface area contributed by atoms with Crippen LogP contribution in [0.5, 0.6) is 0 Å². The van der Waals surface area contributed by atoms with E-state index >= 15 is 0 Å². The highest BCUT2D eigenvalue weighted by Crippen LogP contribution is 2.28. The van der Waals surface area contributed by atoms with Crippen LogP contribution in [0.15, 0.2) is 41.4 Å². The second-order valence-electron chi connectivity index (χ2n) is 4.99. The van der Waals surface area contributed by atoms with Crippen LogP contribution in [-0.4, -0.2) is 17.4 Å². The summed E-state index contributed by atoms with van der Waals surface area (Å²) >= 11 is 5.82. The van der Waals surface area contributed by atoms with E-state index in [-0.39, 0.29) is 26.6 Å². The van der Waals surface area contributed by atoms with Gasteiger partial charge >= 0.3 is 0 Å². The summed E-state index contributed by atoms with van der Waals surface area (Å²) in [6, 6.07) is 7.78. The molecule has 0 spiro atoms. The van der Waals surface area contributed by atoms with Crippen LogP contribution in [0.4, 0.5) is 4.39 Å². The molecule has 2 heterocycles. The molecule has 7 heteroatoms. The first-order valence-electron chi connectivity index (χ1n) is 6.47. The van der Waals surface area contributed by atoms with Crippen LogP contribution in [0.1, 0.15) is 11.3 Å². The lowest BCUT2D eigenvalue weighted by Gasteiger charge is -2.08. The highest BCUT2D eigenvalue weighted by molar-refractivity contribution is 7.90. The average molecular weight is 339 g/mol. The second kappa shape index (κ2) is 5.07. The predicted molar refractivity (Wildman–Crippen MR) is 83.2 cm³/mol. The van der Waals surface area contributed by atoms with Gasteiger partial charge in [-0.05, 0) is 32.0 Å². The highest BCUT2D eigenvalue weighted by Gasteiger charge is 2.22. The van der Waals surface area contributed by atoms with Crippen LogP contribution < -0.4 is 0 Å². The smallest absolute Gasteiger partial charge is 0.232 e. The quantitative estimate of drug-likeness (QED) is 0.716. The molecule has 0 saturated carbocycles. The van der Waals surface area contributed by atoms with Gasteiger partial charge in [0.1, 0.15) is 0 Å². The molecule has 1 aromatic carbocycles. The van der Waals surface area contributed by atoms with E-state index in [1.807, 2.05) is 6.92 Å². The van der Waals surface area contributed by atoms with Crippen molar-refractivity contribution in [2.24, 2.45) is 0 Å². The third-order valence-electron chi connectivity index (χ3n) is 3.42. The summed E-state index contributed by atoms with van der Waals surface area (Å²) in [5, 5.41) is -0.0238. The number of aryl methyl sites for hydroxylation is 2. The molecule has 4 nitrogen and oxygen atoms in total. The second-order valence-corrected chi connectivity index (χ2v) is 7.19. The van der Waals surface area contributed by atoms with Crippen molar-refractivity contribution < 1.29 is 12.8 Å². The molecule has 114 valence electrons. The summed E-state index contributed by atoms with van der Waals surface area (Å²) in [6.07, 6.45) is 1.28. The van der Waals surface area contributed by atoms with Crippen LogP contribution in [0, 0.1) is 19.7 Å². The lowest BCUT2D eigenvalue weighted by molar-refractivity contribution is 0.588. The Morgan fingerprint density at radius 2 is 1.77 bits per heavy atom. The van der Waals surface area contributed by atoms with Crippen molar-refractivity contribution in [3.8, 4) is 0 Å². The maximum atomic E-state index is 14.1. The zero-order valence-electron chi connectivity index (χ0n) is 11.8. The van der Waals surface area contributed by atoms with Gasteiger partial charge in [0, 0.05) is 6.20 Å². The van der Waals surface area contributed by atoms with E-state index in [0.717, 1.165) is 9.54 Å². The standard InChI is InChI=1S/C15H12ClFN2O2S/c1-9-3-5-11(6-4-9)22(20,21)19-8-7-12-14(17)13(16)10(2)18-15(12)19/h3-8H,1-2H3. The number of aromatic nitrogens is 2. The molecule has 3 rings (SSSR count). The van der Waals surface area contributed by atoms with Gasteiger partial charge in [0.05, 0.1) is 21.0 Å². The minimum absolute atomic E-state index is 0.0278. The van der Waals surface area contributed by atoms with Crippen LogP contribution in [0.3, 0.4) is 0 Å². The summed E-state index contributed by atoms with van der Waals surface area (Å²) in [5.74, 6) is -0.665. The van der Waals surface area contributed by atoms with Gasteiger partial charge in [-0.25, -0.2) is 21.8 Å². The Kier molecular flexibility index (Phi) is 3.45. The lowest BCUT2D eigenvalue weighted by atomic mass is 10.2. The Morgan fingerprint density at radius 1 is 1.14 bits per heavy atom. The Balaban J connectivity index is 2.28. The number of halogens is 2. The third kappa shape index (κ3) is 2.19. The Labute approximate surface area is 132 Å². The van der Waals surface area contributed by atoms with Gasteiger partial charge < -0.3 is 0 Å². The Bertz CT molecular complexity index is 979. The SMILES string of the molecule is Cc1ccc(S(=O)(=O)n2ccc3c(F)c(Cl)c(C)nc32)cc1. The summed E-state index contributed by atoms with van der Waals surface area (Å²) in [4.78, 5) is 4.23. The number of hydrogen-bond acceptors (Lipinski definition) is 3. The number of hydrogen-bond donors (Lipinski definition) is 0. The zero-order chi connectivity index (χ0) is 16.1. The topological polar surface area (TPSA) is 52.0 Å². The molecule has 0 aliphatic carbocycles. The maximum absolute atomic E-state index is 14.1. The molecule has 0 atom stereocenters. The monoisotopic (exact) mass is 338 g/mol. The van der Waals surface area contributed by atoms with Crippen molar-refractivity contribution in [3.63, 3.8) is 0 Å². The molecule has 0 saturated heterocycles. The van der Waals surface area contributed by atoms with Crippen LogP contribution in [0.25, 0.3) is 11.0 Å². The predicted octanol–water partition coefficient (Wildman–Crippen LogP) is 3.68. The first-order valence-corrected chi connectivity index (χ1v) is 8.29. The van der Waals surface area contributed by atoms with Crippen LogP contribution in [0.2, 0.25) is 5.02 Å². The Morgan fingerprint density at radius 3 is 2.41 bits per heavy atom. The molecule has 0 unspecified atom stereocenters. The van der Waals surface area contributed by atoms with Gasteiger partial charge in [0.15, 0.2) is 11.5 Å². The molecule has 0 radical (unpaired) electrons. The summed E-state index contributed by atoms with van der Waals surface area (Å²) in [7, 11) is -3.84. The first kappa shape index (κ1) is 15.0. The van der Waals surface area contributed by atoms with E-state index in [1.165, 1.54) is 31.3 Å². The van der Waals surface area contributed by atoms with E-state index in [0.29, 0.717) is 0 Å². The van der Waals surface area contributed by atoms with Gasteiger partial charge in [0.2, 0.25) is 0 Å². The first-order chi connectivity index (χ1) is 10.3. The van der Waals surface area contributed by atoms with Crippen molar-refractivity contribution >= 4 is 32.7 Å². The highest BCUT2D eigenvalue weighted by atomic mass is 35.5. The van der Waals surface area contributed by atoms with E-state index in [1.54, 1.807) is 12.1 Å². The molecule has 0 bridgehead atoms. The van der Waals surface area contributed by atoms with Gasteiger partial charge in [-0.15, -0.1) is 0 Å². The molecule has 3 aromatic rings. The van der Waals surface area contributed by atoms with E-state index in [2.05, 4.69) is 4.98 Å². The molecular formula is C15H12ClFN2O2S. The van der Waals surface area contributed by atoms with Crippen molar-refractivity contribution in [1.82, 2.24) is 8.96 Å². The van der Waals surface area contributed by atoms with Crippen molar-refractivity contribution in [1.29, 1.82) is 0 Å². The number of benzene rings is 1. The fraction of sp³-hybridized carbons (Fsp3) is 0.133. The number of pyridine rings is 1. The summed E-state index contributed by atoms with van der Waals surface area (Å²) in [5.41, 5.74) is 1.22. The van der Waals surface area contributed by atoms with Gasteiger partial charge in [0.25, 0.3) is 10.0 Å². The molecule has 22 heavy (non-hydrogen) atoms.